The quantitative estimate of drug-likeness (QED) is 0.247. The Hall–Kier alpha value is -3.89. The molecule has 1 heterocycles. The van der Waals surface area contributed by atoms with E-state index in [1.54, 1.807) is 34.6 Å². The average molecular weight is 488 g/mol. The summed E-state index contributed by atoms with van der Waals surface area (Å²) in [5.41, 5.74) is -0.940. The molecule has 35 heavy (non-hydrogen) atoms. The molecule has 0 saturated carbocycles. The fourth-order valence-electron chi connectivity index (χ4n) is 2.86. The van der Waals surface area contributed by atoms with Crippen LogP contribution in [0.3, 0.4) is 0 Å². The summed E-state index contributed by atoms with van der Waals surface area (Å²) in [6.45, 7) is 11.4. The minimum absolute atomic E-state index is 0.00828. The Balaban J connectivity index is 2.71. The van der Waals surface area contributed by atoms with Crippen LogP contribution < -0.4 is 20.7 Å². The number of nitrogens with one attached hydrogen (secondary N) is 1. The molecule has 11 heteroatoms. The molecule has 1 aromatic heterocycles. The van der Waals surface area contributed by atoms with Crippen molar-refractivity contribution in [2.75, 3.05) is 5.32 Å². The zero-order chi connectivity index (χ0) is 26.5. The Bertz CT molecular complexity index is 1180. The second kappa shape index (κ2) is 11.0. The van der Waals surface area contributed by atoms with Crippen LogP contribution in [-0.2, 0) is 20.9 Å². The monoisotopic (exact) mass is 487 g/mol. The van der Waals surface area contributed by atoms with E-state index in [0.29, 0.717) is 0 Å². The molecule has 2 N–H and O–H groups in total. The number of carboxylic acid groups (broad SMARTS) is 1. The van der Waals surface area contributed by atoms with Crippen molar-refractivity contribution in [3.05, 3.63) is 34.7 Å². The summed E-state index contributed by atoms with van der Waals surface area (Å²) in [4.78, 5) is 44.8. The van der Waals surface area contributed by atoms with Crippen LogP contribution in [0.15, 0.2) is 34.2 Å². The molecule has 11 nitrogen and oxygen atoms in total. The summed E-state index contributed by atoms with van der Waals surface area (Å²) in [7, 11) is 0. The number of anilines is 1. The van der Waals surface area contributed by atoms with Gasteiger partial charge in [0.25, 0.3) is 5.56 Å². The Morgan fingerprint density at radius 1 is 1.20 bits per heavy atom. The molecule has 0 unspecified atom stereocenters. The molecule has 190 valence electrons. The van der Waals surface area contributed by atoms with Crippen molar-refractivity contribution in [2.24, 2.45) is 10.9 Å². The third-order valence-corrected chi connectivity index (χ3v) is 4.26. The fraction of sp³-hybridized carbons (Fsp3) is 0.458. The van der Waals surface area contributed by atoms with Gasteiger partial charge < -0.3 is 25.0 Å². The van der Waals surface area contributed by atoms with Crippen LogP contribution in [0.25, 0.3) is 11.3 Å². The lowest BCUT2D eigenvalue weighted by molar-refractivity contribution is -0.259. The Kier molecular flexibility index (Phi) is 8.62. The summed E-state index contributed by atoms with van der Waals surface area (Å²) < 4.78 is 11.7. The predicted octanol–water partition coefficient (Wildman–Crippen LogP) is 2.54. The highest BCUT2D eigenvalue weighted by Crippen LogP contribution is 2.30. The van der Waals surface area contributed by atoms with Crippen LogP contribution in [0.5, 0.6) is 5.75 Å². The first-order chi connectivity index (χ1) is 16.2. The Morgan fingerprint density at radius 3 is 2.40 bits per heavy atom. The summed E-state index contributed by atoms with van der Waals surface area (Å²) in [6, 6.07) is 4.15. The molecular formula is C24H31N4O7-. The van der Waals surface area contributed by atoms with Gasteiger partial charge in [-0.2, -0.15) is 0 Å². The number of ether oxygens (including phenoxy) is 2. The summed E-state index contributed by atoms with van der Waals surface area (Å²) in [6.07, 6.45) is 0.462. The molecule has 0 aliphatic heterocycles. The van der Waals surface area contributed by atoms with Crippen molar-refractivity contribution < 1.29 is 29.3 Å². The van der Waals surface area contributed by atoms with Gasteiger partial charge in [0.05, 0.1) is 23.5 Å². The number of nitrogens with zero attached hydrogens (tertiary/aromatic N) is 3. The summed E-state index contributed by atoms with van der Waals surface area (Å²) in [5, 5.41) is 24.6. The first-order valence-corrected chi connectivity index (χ1v) is 11.1. The van der Waals surface area contributed by atoms with Crippen molar-refractivity contribution in [1.29, 1.82) is 0 Å². The molecule has 0 radical (unpaired) electrons. The summed E-state index contributed by atoms with van der Waals surface area (Å²) >= 11 is 0. The highest BCUT2D eigenvalue weighted by Gasteiger charge is 2.18. The third kappa shape index (κ3) is 8.13. The smallest absolute Gasteiger partial charge is 0.323 e. The fourth-order valence-corrected chi connectivity index (χ4v) is 2.86. The molecule has 0 atom stereocenters. The zero-order valence-electron chi connectivity index (χ0n) is 20.9. The first kappa shape index (κ1) is 27.4. The number of esters is 1. The minimum Gasteiger partial charge on any atom is -0.594 e. The Morgan fingerprint density at radius 2 is 1.86 bits per heavy atom. The molecule has 2 aromatic rings. The van der Waals surface area contributed by atoms with E-state index in [0.717, 1.165) is 4.57 Å². The second-order valence-electron chi connectivity index (χ2n) is 9.46. The van der Waals surface area contributed by atoms with Crippen LogP contribution in [0.1, 0.15) is 48.5 Å². The van der Waals surface area contributed by atoms with Gasteiger partial charge in [0.2, 0.25) is 0 Å². The standard InChI is InChI=1S/C24H32N4O7/c1-13(2)22(32)34-17-9-15(8-16(10-17)27-23(33)35-24(5,6)7)18-11-25-20(26-14(3)4)21(31)28(18)12-19(29)30/h8-11,13-14H,12H2,1-7H3,(H,25,26)(H,27,33)(H,29,30)/p-1. The van der Waals surface area contributed by atoms with Crippen molar-refractivity contribution in [3.8, 4) is 17.0 Å². The van der Waals surface area contributed by atoms with E-state index in [-0.39, 0.29) is 34.6 Å². The number of carboxylic acids is 1. The van der Waals surface area contributed by atoms with E-state index in [1.165, 1.54) is 24.4 Å². The van der Waals surface area contributed by atoms with Gasteiger partial charge >= 0.3 is 11.9 Å². The van der Waals surface area contributed by atoms with Crippen molar-refractivity contribution in [3.63, 3.8) is 0 Å². The highest BCUT2D eigenvalue weighted by molar-refractivity contribution is 5.78. The highest BCUT2D eigenvalue weighted by atomic mass is 16.6. The van der Waals surface area contributed by atoms with Gasteiger partial charge in [-0.25, -0.2) is 9.98 Å². The minimum atomic E-state index is -1.24. The van der Waals surface area contributed by atoms with Crippen LogP contribution >= 0.6 is 0 Å². The molecular weight excluding hydrogens is 456 g/mol. The number of hydrogen-bond donors (Lipinski definition) is 2. The van der Waals surface area contributed by atoms with Gasteiger partial charge in [-0.15, -0.1) is 0 Å². The number of hydrogen-bond acceptors (Lipinski definition) is 9. The lowest BCUT2D eigenvalue weighted by atomic mass is 10.1. The molecule has 0 bridgehead atoms. The van der Waals surface area contributed by atoms with E-state index in [2.05, 4.69) is 15.3 Å². The molecule has 1 aromatic carbocycles. The molecule has 0 fully saturated rings. The number of benzene rings is 1. The third-order valence-electron chi connectivity index (χ3n) is 4.26. The van der Waals surface area contributed by atoms with Crippen LogP contribution in [0.2, 0.25) is 0 Å². The first-order valence-electron chi connectivity index (χ1n) is 11.1. The SMILES string of the molecule is CC(C)Nc1ncc(-c2cc(N=C([O-])OC(C)(C)C)cc(OC(=O)C(C)C)c2)n(CC(=O)O)c1=O. The van der Waals surface area contributed by atoms with Crippen molar-refractivity contribution in [1.82, 2.24) is 9.55 Å². The molecule has 0 aliphatic carbocycles. The van der Waals surface area contributed by atoms with E-state index < -0.39 is 41.6 Å². The number of aliphatic imine (C=N–C) groups is 1. The number of carbonyl (C=O) groups is 2. The zero-order valence-corrected chi connectivity index (χ0v) is 20.9. The predicted molar refractivity (Wildman–Crippen MR) is 129 cm³/mol. The van der Waals surface area contributed by atoms with Crippen LogP contribution in [0, 0.1) is 5.92 Å². The second-order valence-corrected chi connectivity index (χ2v) is 9.46. The van der Waals surface area contributed by atoms with E-state index in [1.807, 2.05) is 13.8 Å². The van der Waals surface area contributed by atoms with E-state index in [4.69, 9.17) is 9.47 Å². The van der Waals surface area contributed by atoms with Crippen LogP contribution in [-0.4, -0.2) is 44.3 Å². The van der Waals surface area contributed by atoms with Crippen LogP contribution in [0.4, 0.5) is 11.5 Å². The van der Waals surface area contributed by atoms with Gasteiger partial charge in [0, 0.05) is 23.3 Å². The number of rotatable bonds is 8. The largest absolute Gasteiger partial charge is 0.594 e. The molecule has 2 rings (SSSR count). The lowest BCUT2D eigenvalue weighted by Crippen LogP contribution is -2.31. The Labute approximate surface area is 203 Å². The maximum absolute atomic E-state index is 13.0. The van der Waals surface area contributed by atoms with Gasteiger partial charge in [0.1, 0.15) is 12.3 Å². The maximum atomic E-state index is 13.0. The van der Waals surface area contributed by atoms with Gasteiger partial charge in [0.15, 0.2) is 11.9 Å². The average Bonchev–Trinajstić information content (AvgIpc) is 2.68. The number of aliphatic carboxylic acids is 1. The van der Waals surface area contributed by atoms with Crippen molar-refractivity contribution in [2.45, 2.75) is 66.7 Å². The maximum Gasteiger partial charge on any atom is 0.323 e. The van der Waals surface area contributed by atoms with E-state index >= 15 is 0 Å². The molecule has 0 saturated heterocycles. The lowest BCUT2D eigenvalue weighted by Gasteiger charge is -2.29. The van der Waals surface area contributed by atoms with Gasteiger partial charge in [-0.3, -0.25) is 19.0 Å². The normalized spacial score (nSPS) is 12.1. The number of aromatic nitrogens is 2. The summed E-state index contributed by atoms with van der Waals surface area (Å²) in [5.74, 6) is -2.15. The van der Waals surface area contributed by atoms with E-state index in [9.17, 15) is 24.6 Å². The topological polar surface area (TPSA) is 155 Å². The van der Waals surface area contributed by atoms with Gasteiger partial charge in [-0.05, 0) is 26.0 Å². The van der Waals surface area contributed by atoms with Gasteiger partial charge in [-0.1, -0.05) is 34.6 Å². The molecule has 0 aliphatic rings. The molecule has 0 spiro atoms. The van der Waals surface area contributed by atoms with Crippen molar-refractivity contribution >= 4 is 29.5 Å². The molecule has 0 amide bonds. The number of carbonyl (C=O) groups excluding carboxylic acids is 1.